The average molecular weight is 258 g/mol. The van der Waals surface area contributed by atoms with Gasteiger partial charge in [0.2, 0.25) is 0 Å². The van der Waals surface area contributed by atoms with Gasteiger partial charge in [0, 0.05) is 6.04 Å². The normalized spacial score (nSPS) is 16.6. The second-order valence-electron chi connectivity index (χ2n) is 5.23. The van der Waals surface area contributed by atoms with Crippen molar-refractivity contribution in [1.82, 2.24) is 10.2 Å². The van der Waals surface area contributed by atoms with Gasteiger partial charge >= 0.3 is 5.97 Å². The smallest absolute Gasteiger partial charge is 0.323 e. The summed E-state index contributed by atoms with van der Waals surface area (Å²) < 4.78 is 0. The number of carboxylic acids is 1. The van der Waals surface area contributed by atoms with E-state index < -0.39 is 11.5 Å². The van der Waals surface area contributed by atoms with Crippen molar-refractivity contribution in [3.63, 3.8) is 0 Å². The molecule has 2 N–H and O–H groups in total. The van der Waals surface area contributed by atoms with Crippen molar-refractivity contribution in [2.45, 2.75) is 65.0 Å². The van der Waals surface area contributed by atoms with Crippen LogP contribution < -0.4 is 5.32 Å². The molecule has 0 saturated heterocycles. The summed E-state index contributed by atoms with van der Waals surface area (Å²) in [6, 6.07) is 0.616. The van der Waals surface area contributed by atoms with E-state index in [0.717, 1.165) is 32.4 Å². The minimum Gasteiger partial charge on any atom is -0.480 e. The number of nitrogens with one attached hydrogen (secondary N) is 1. The maximum atomic E-state index is 11.1. The SMILES string of the molecule is CCC(C)N(CC)CCCCC(C)(NC)C(=O)O. The average Bonchev–Trinajstić information content (AvgIpc) is 2.37. The van der Waals surface area contributed by atoms with Crippen molar-refractivity contribution in [3.8, 4) is 0 Å². The van der Waals surface area contributed by atoms with Crippen molar-refractivity contribution < 1.29 is 9.90 Å². The Kier molecular flexibility index (Phi) is 8.20. The Morgan fingerprint density at radius 3 is 2.39 bits per heavy atom. The van der Waals surface area contributed by atoms with Crippen LogP contribution in [0.4, 0.5) is 0 Å². The fourth-order valence-corrected chi connectivity index (χ4v) is 2.08. The van der Waals surface area contributed by atoms with Crippen molar-refractivity contribution in [2.75, 3.05) is 20.1 Å². The maximum absolute atomic E-state index is 11.1. The summed E-state index contributed by atoms with van der Waals surface area (Å²) in [7, 11) is 1.71. The molecule has 0 aliphatic rings. The topological polar surface area (TPSA) is 52.6 Å². The van der Waals surface area contributed by atoms with E-state index in [9.17, 15) is 4.79 Å². The summed E-state index contributed by atoms with van der Waals surface area (Å²) in [5, 5.41) is 12.0. The van der Waals surface area contributed by atoms with Gasteiger partial charge in [-0.05, 0) is 59.7 Å². The third kappa shape index (κ3) is 5.36. The molecule has 0 aromatic carbocycles. The summed E-state index contributed by atoms with van der Waals surface area (Å²) in [5.74, 6) is -0.765. The molecule has 0 aliphatic heterocycles. The minimum absolute atomic E-state index is 0.616. The Bertz CT molecular complexity index is 246. The van der Waals surface area contributed by atoms with Gasteiger partial charge in [-0.1, -0.05) is 13.8 Å². The first-order valence-corrected chi connectivity index (χ1v) is 7.07. The molecule has 18 heavy (non-hydrogen) atoms. The van der Waals surface area contributed by atoms with Gasteiger partial charge in [0.15, 0.2) is 0 Å². The lowest BCUT2D eigenvalue weighted by Gasteiger charge is -2.28. The molecule has 2 unspecified atom stereocenters. The molecule has 0 amide bonds. The number of carboxylic acid groups (broad SMARTS) is 1. The van der Waals surface area contributed by atoms with Gasteiger partial charge in [-0.25, -0.2) is 0 Å². The molecule has 0 aromatic heterocycles. The molecule has 108 valence electrons. The molecule has 0 spiro atoms. The first kappa shape index (κ1) is 17.4. The highest BCUT2D eigenvalue weighted by atomic mass is 16.4. The lowest BCUT2D eigenvalue weighted by molar-refractivity contribution is -0.144. The van der Waals surface area contributed by atoms with Gasteiger partial charge in [0.05, 0.1) is 0 Å². The summed E-state index contributed by atoms with van der Waals surface area (Å²) in [5.41, 5.74) is -0.784. The molecular formula is C14H30N2O2. The lowest BCUT2D eigenvalue weighted by Crippen LogP contribution is -2.47. The standard InChI is InChI=1S/C14H30N2O2/c1-6-12(3)16(7-2)11-9-8-10-14(4,15-5)13(17)18/h12,15H,6-11H2,1-5H3,(H,17,18). The van der Waals surface area contributed by atoms with Crippen LogP contribution in [0, 0.1) is 0 Å². The lowest BCUT2D eigenvalue weighted by atomic mass is 9.95. The number of unbranched alkanes of at least 4 members (excludes halogenated alkanes) is 1. The van der Waals surface area contributed by atoms with Gasteiger partial charge in [-0.2, -0.15) is 0 Å². The Hall–Kier alpha value is -0.610. The third-order valence-electron chi connectivity index (χ3n) is 4.02. The predicted octanol–water partition coefficient (Wildman–Crippen LogP) is 2.34. The van der Waals surface area contributed by atoms with E-state index in [0.29, 0.717) is 12.5 Å². The molecule has 0 rings (SSSR count). The van der Waals surface area contributed by atoms with Crippen LogP contribution in [-0.4, -0.2) is 47.7 Å². The molecule has 0 aromatic rings. The monoisotopic (exact) mass is 258 g/mol. The zero-order chi connectivity index (χ0) is 14.2. The minimum atomic E-state index is -0.784. The van der Waals surface area contributed by atoms with Crippen molar-refractivity contribution in [1.29, 1.82) is 0 Å². The van der Waals surface area contributed by atoms with E-state index >= 15 is 0 Å². The number of nitrogens with zero attached hydrogens (tertiary/aromatic N) is 1. The van der Waals surface area contributed by atoms with Crippen LogP contribution in [0.15, 0.2) is 0 Å². The zero-order valence-corrected chi connectivity index (χ0v) is 12.6. The van der Waals surface area contributed by atoms with Gasteiger partial charge in [-0.3, -0.25) is 4.79 Å². The largest absolute Gasteiger partial charge is 0.480 e. The van der Waals surface area contributed by atoms with Gasteiger partial charge in [0.1, 0.15) is 5.54 Å². The van der Waals surface area contributed by atoms with Crippen LogP contribution in [0.2, 0.25) is 0 Å². The molecule has 4 heteroatoms. The first-order valence-electron chi connectivity index (χ1n) is 7.07. The Morgan fingerprint density at radius 2 is 2.00 bits per heavy atom. The molecule has 0 radical (unpaired) electrons. The van der Waals surface area contributed by atoms with Crippen LogP contribution in [-0.2, 0) is 4.79 Å². The molecule has 0 fully saturated rings. The van der Waals surface area contributed by atoms with Crippen LogP contribution in [0.1, 0.15) is 53.4 Å². The highest BCUT2D eigenvalue weighted by Crippen LogP contribution is 2.14. The van der Waals surface area contributed by atoms with Crippen molar-refractivity contribution in [3.05, 3.63) is 0 Å². The molecule has 0 bridgehead atoms. The van der Waals surface area contributed by atoms with E-state index in [1.54, 1.807) is 14.0 Å². The number of hydrogen-bond acceptors (Lipinski definition) is 3. The molecule has 0 heterocycles. The summed E-state index contributed by atoms with van der Waals surface area (Å²) >= 11 is 0. The van der Waals surface area contributed by atoms with Crippen LogP contribution in [0.3, 0.4) is 0 Å². The fourth-order valence-electron chi connectivity index (χ4n) is 2.08. The maximum Gasteiger partial charge on any atom is 0.323 e. The van der Waals surface area contributed by atoms with Crippen LogP contribution in [0.25, 0.3) is 0 Å². The third-order valence-corrected chi connectivity index (χ3v) is 4.02. The van der Waals surface area contributed by atoms with E-state index in [2.05, 4.69) is 31.0 Å². The molecule has 2 atom stereocenters. The summed E-state index contributed by atoms with van der Waals surface area (Å²) in [6.07, 6.45) is 3.84. The Labute approximate surface area is 112 Å². The number of aliphatic carboxylic acids is 1. The van der Waals surface area contributed by atoms with Crippen molar-refractivity contribution >= 4 is 5.97 Å². The number of rotatable bonds is 10. The molecule has 0 saturated carbocycles. The van der Waals surface area contributed by atoms with Gasteiger partial charge in [-0.15, -0.1) is 0 Å². The highest BCUT2D eigenvalue weighted by Gasteiger charge is 2.30. The predicted molar refractivity (Wildman–Crippen MR) is 76.0 cm³/mol. The van der Waals surface area contributed by atoms with E-state index in [1.807, 2.05) is 0 Å². The summed E-state index contributed by atoms with van der Waals surface area (Å²) in [6.45, 7) is 10.5. The zero-order valence-electron chi connectivity index (χ0n) is 12.6. The first-order chi connectivity index (χ1) is 8.41. The fraction of sp³-hybridized carbons (Fsp3) is 0.929. The number of hydrogen-bond donors (Lipinski definition) is 2. The van der Waals surface area contributed by atoms with Gasteiger partial charge < -0.3 is 15.3 Å². The molecular weight excluding hydrogens is 228 g/mol. The number of likely N-dealkylation sites (N-methyl/N-ethyl adjacent to an activating group) is 1. The van der Waals surface area contributed by atoms with Crippen LogP contribution in [0.5, 0.6) is 0 Å². The second-order valence-corrected chi connectivity index (χ2v) is 5.23. The van der Waals surface area contributed by atoms with Crippen LogP contribution >= 0.6 is 0 Å². The Balaban J connectivity index is 4.01. The van der Waals surface area contributed by atoms with Crippen molar-refractivity contribution in [2.24, 2.45) is 0 Å². The Morgan fingerprint density at radius 1 is 1.39 bits per heavy atom. The molecule has 4 nitrogen and oxygen atoms in total. The quantitative estimate of drug-likeness (QED) is 0.591. The summed E-state index contributed by atoms with van der Waals surface area (Å²) in [4.78, 5) is 13.6. The second kappa shape index (κ2) is 8.48. The van der Waals surface area contributed by atoms with E-state index in [1.165, 1.54) is 0 Å². The van der Waals surface area contributed by atoms with E-state index in [4.69, 9.17) is 5.11 Å². The van der Waals surface area contributed by atoms with Gasteiger partial charge in [0.25, 0.3) is 0 Å². The van der Waals surface area contributed by atoms with E-state index in [-0.39, 0.29) is 0 Å². The molecule has 0 aliphatic carbocycles. The highest BCUT2D eigenvalue weighted by molar-refractivity contribution is 5.78. The number of carbonyl (C=O) groups is 1.